The second-order valence-corrected chi connectivity index (χ2v) is 11.0. The molecule has 3 heterocycles. The first kappa shape index (κ1) is 19.1. The summed E-state index contributed by atoms with van der Waals surface area (Å²) in [7, 11) is -3.55. The number of nitrogens with zero attached hydrogens (tertiary/aromatic N) is 2. The molecule has 0 atom stereocenters. The van der Waals surface area contributed by atoms with Crippen LogP contribution in [0.15, 0.2) is 40.6 Å². The molecular formula is C19H27N5O2S2. The molecule has 28 heavy (non-hydrogen) atoms. The van der Waals surface area contributed by atoms with E-state index in [1.54, 1.807) is 12.1 Å². The standard InChI is InChI=1S/C19H23N5O2S2.2H2/c1-19(2,3)24-28(25,26)18-10-9-15(27-18)13-5-4-6-16(20-13)21-17-11-14(22-23-17)12-7-8-12;;/h4-6,9-12,24H,7-8H2,1-3H3,(H2,20,21,22,23);2*1H. The van der Waals surface area contributed by atoms with Gasteiger partial charge in [-0.15, -0.1) is 11.3 Å². The smallest absolute Gasteiger partial charge is 0.250 e. The molecule has 0 amide bonds. The van der Waals surface area contributed by atoms with Crippen LogP contribution >= 0.6 is 11.3 Å². The van der Waals surface area contributed by atoms with Gasteiger partial charge in [-0.05, 0) is 57.9 Å². The topological polar surface area (TPSA) is 99.8 Å². The van der Waals surface area contributed by atoms with Crippen LogP contribution < -0.4 is 10.0 Å². The van der Waals surface area contributed by atoms with Crippen LogP contribution in [-0.4, -0.2) is 29.1 Å². The van der Waals surface area contributed by atoms with Crippen LogP contribution in [0.1, 0.15) is 48.1 Å². The van der Waals surface area contributed by atoms with Crippen molar-refractivity contribution >= 4 is 33.0 Å². The Balaban J connectivity index is 0.00000160. The molecule has 1 fully saturated rings. The van der Waals surface area contributed by atoms with Crippen molar-refractivity contribution in [2.75, 3.05) is 5.32 Å². The van der Waals surface area contributed by atoms with Gasteiger partial charge in [-0.25, -0.2) is 18.1 Å². The largest absolute Gasteiger partial charge is 0.323 e. The lowest BCUT2D eigenvalue weighted by atomic mass is 10.1. The zero-order valence-corrected chi connectivity index (χ0v) is 17.6. The molecule has 7 nitrogen and oxygen atoms in total. The molecule has 4 rings (SSSR count). The first-order valence-corrected chi connectivity index (χ1v) is 11.4. The summed E-state index contributed by atoms with van der Waals surface area (Å²) in [5.41, 5.74) is 1.33. The Bertz CT molecular complexity index is 1100. The number of aromatic nitrogens is 3. The zero-order valence-electron chi connectivity index (χ0n) is 16.0. The lowest BCUT2D eigenvalue weighted by Crippen LogP contribution is -2.40. The number of hydrogen-bond donors (Lipinski definition) is 3. The maximum Gasteiger partial charge on any atom is 0.250 e. The second-order valence-electron chi connectivity index (χ2n) is 7.99. The molecule has 3 aromatic rings. The van der Waals surface area contributed by atoms with Crippen molar-refractivity contribution in [1.29, 1.82) is 0 Å². The Hall–Kier alpha value is -2.23. The van der Waals surface area contributed by atoms with Gasteiger partial charge in [-0.2, -0.15) is 5.10 Å². The number of thiophene rings is 1. The maximum absolute atomic E-state index is 12.5. The highest BCUT2D eigenvalue weighted by Crippen LogP contribution is 2.39. The van der Waals surface area contributed by atoms with E-state index in [9.17, 15) is 8.42 Å². The summed E-state index contributed by atoms with van der Waals surface area (Å²) in [4.78, 5) is 5.40. The van der Waals surface area contributed by atoms with Crippen LogP contribution in [0.2, 0.25) is 0 Å². The van der Waals surface area contributed by atoms with Gasteiger partial charge in [0.15, 0.2) is 5.82 Å². The van der Waals surface area contributed by atoms with Gasteiger partial charge in [0.25, 0.3) is 10.0 Å². The van der Waals surface area contributed by atoms with Gasteiger partial charge in [0, 0.05) is 26.1 Å². The number of anilines is 2. The highest BCUT2D eigenvalue weighted by atomic mass is 32.2. The van der Waals surface area contributed by atoms with Gasteiger partial charge < -0.3 is 5.32 Å². The second kappa shape index (κ2) is 6.98. The molecule has 0 aromatic carbocycles. The van der Waals surface area contributed by atoms with Crippen molar-refractivity contribution in [1.82, 2.24) is 19.9 Å². The number of hydrogen-bond acceptors (Lipinski definition) is 6. The average molecular weight is 422 g/mol. The minimum absolute atomic E-state index is 0. The molecule has 0 unspecified atom stereocenters. The molecular weight excluding hydrogens is 394 g/mol. The van der Waals surface area contributed by atoms with Crippen LogP contribution in [0.4, 0.5) is 11.6 Å². The molecule has 1 aliphatic carbocycles. The van der Waals surface area contributed by atoms with Gasteiger partial charge in [-0.3, -0.25) is 5.10 Å². The average Bonchev–Trinajstić information content (AvgIpc) is 3.14. The van der Waals surface area contributed by atoms with E-state index in [-0.39, 0.29) is 7.06 Å². The van der Waals surface area contributed by atoms with E-state index in [1.807, 2.05) is 45.0 Å². The number of nitrogens with one attached hydrogen (secondary N) is 3. The monoisotopic (exact) mass is 421 g/mol. The van der Waals surface area contributed by atoms with Gasteiger partial charge in [0.1, 0.15) is 10.0 Å². The summed E-state index contributed by atoms with van der Waals surface area (Å²) >= 11 is 1.20. The third-order valence-corrected chi connectivity index (χ3v) is 7.52. The van der Waals surface area contributed by atoms with Crippen LogP contribution in [0.25, 0.3) is 10.6 Å². The molecule has 152 valence electrons. The summed E-state index contributed by atoms with van der Waals surface area (Å²) in [6.07, 6.45) is 2.42. The summed E-state index contributed by atoms with van der Waals surface area (Å²) in [5, 5.41) is 10.6. The minimum Gasteiger partial charge on any atom is -0.323 e. The Morgan fingerprint density at radius 1 is 1.18 bits per heavy atom. The number of H-pyrrole nitrogens is 1. The van der Waals surface area contributed by atoms with E-state index in [2.05, 4.69) is 25.2 Å². The normalized spacial score (nSPS) is 15.0. The van der Waals surface area contributed by atoms with Crippen molar-refractivity contribution in [2.45, 2.75) is 49.3 Å². The van der Waals surface area contributed by atoms with E-state index >= 15 is 0 Å². The van der Waals surface area contributed by atoms with Crippen LogP contribution in [0.5, 0.6) is 0 Å². The lowest BCUT2D eigenvalue weighted by molar-refractivity contribution is 0.492. The first-order valence-electron chi connectivity index (χ1n) is 9.13. The molecule has 0 radical (unpaired) electrons. The van der Waals surface area contributed by atoms with Crippen LogP contribution in [0.3, 0.4) is 0 Å². The number of rotatable bonds is 6. The summed E-state index contributed by atoms with van der Waals surface area (Å²) < 4.78 is 28.0. The maximum atomic E-state index is 12.5. The Labute approximate surface area is 171 Å². The Morgan fingerprint density at radius 2 is 1.96 bits per heavy atom. The molecule has 0 saturated heterocycles. The molecule has 9 heteroatoms. The van der Waals surface area contributed by atoms with Gasteiger partial charge in [-0.1, -0.05) is 6.07 Å². The van der Waals surface area contributed by atoms with Crippen LogP contribution in [-0.2, 0) is 10.0 Å². The fourth-order valence-corrected chi connectivity index (χ4v) is 5.53. The van der Waals surface area contributed by atoms with Crippen molar-refractivity contribution < 1.29 is 11.3 Å². The predicted octanol–water partition coefficient (Wildman–Crippen LogP) is 4.72. The van der Waals surface area contributed by atoms with E-state index in [1.165, 1.54) is 24.2 Å². The number of aromatic amines is 1. The molecule has 1 saturated carbocycles. The van der Waals surface area contributed by atoms with Crippen molar-refractivity contribution in [2.24, 2.45) is 0 Å². The summed E-state index contributed by atoms with van der Waals surface area (Å²) in [6.45, 7) is 5.46. The van der Waals surface area contributed by atoms with E-state index < -0.39 is 15.6 Å². The molecule has 0 bridgehead atoms. The molecule has 3 aromatic heterocycles. The zero-order chi connectivity index (χ0) is 19.9. The minimum atomic E-state index is -3.55. The van der Waals surface area contributed by atoms with Crippen LogP contribution in [0, 0.1) is 0 Å². The van der Waals surface area contributed by atoms with Crippen molar-refractivity contribution in [3.05, 3.63) is 42.1 Å². The molecule has 0 spiro atoms. The Morgan fingerprint density at radius 3 is 2.68 bits per heavy atom. The number of sulfonamides is 1. The van der Waals surface area contributed by atoms with Gasteiger partial charge in [0.05, 0.1) is 10.6 Å². The summed E-state index contributed by atoms with van der Waals surface area (Å²) in [5.74, 6) is 2.00. The highest BCUT2D eigenvalue weighted by molar-refractivity contribution is 7.91. The van der Waals surface area contributed by atoms with Crippen molar-refractivity contribution in [3.8, 4) is 10.6 Å². The van der Waals surface area contributed by atoms with Gasteiger partial charge in [0.2, 0.25) is 0 Å². The highest BCUT2D eigenvalue weighted by Gasteiger charge is 2.26. The van der Waals surface area contributed by atoms with Gasteiger partial charge >= 0.3 is 0 Å². The molecule has 1 aliphatic rings. The summed E-state index contributed by atoms with van der Waals surface area (Å²) in [6, 6.07) is 11.0. The molecule has 3 N–H and O–H groups in total. The van der Waals surface area contributed by atoms with E-state index in [0.29, 0.717) is 17.4 Å². The van der Waals surface area contributed by atoms with E-state index in [0.717, 1.165) is 16.4 Å². The fraction of sp³-hybridized carbons (Fsp3) is 0.368. The molecule has 0 aliphatic heterocycles. The number of pyridine rings is 1. The fourth-order valence-electron chi connectivity index (χ4n) is 2.83. The SMILES string of the molecule is CC(C)(C)NS(=O)(=O)c1ccc(-c2cccc(Nc3cc(C4CC4)[nH]n3)n2)s1.[HH].[HH]. The third-order valence-electron chi connectivity index (χ3n) is 4.16. The third kappa shape index (κ3) is 4.43. The quantitative estimate of drug-likeness (QED) is 0.535. The lowest BCUT2D eigenvalue weighted by Gasteiger charge is -2.19. The van der Waals surface area contributed by atoms with Crippen molar-refractivity contribution in [3.63, 3.8) is 0 Å². The first-order chi connectivity index (χ1) is 13.2. The van der Waals surface area contributed by atoms with E-state index in [4.69, 9.17) is 0 Å². The predicted molar refractivity (Wildman–Crippen MR) is 116 cm³/mol. The Kier molecular flexibility index (Phi) is 4.76.